The molecule has 34 heavy (non-hydrogen) atoms. The van der Waals surface area contributed by atoms with Crippen LogP contribution in [0.25, 0.3) is 5.57 Å². The van der Waals surface area contributed by atoms with Gasteiger partial charge < -0.3 is 14.6 Å². The highest BCUT2D eigenvalue weighted by molar-refractivity contribution is 6.77. The van der Waals surface area contributed by atoms with Gasteiger partial charge in [0.15, 0.2) is 0 Å². The van der Waals surface area contributed by atoms with E-state index in [1.807, 2.05) is 12.3 Å². The number of carboxylic acid groups (broad SMARTS) is 1. The standard InChI is InChI=1S/C28H31BNO4/c1-28-11-9-22-21-5-4-18(27(33)29-12-10-26(31)32)13-17(21)3-6-23(22)25(28)8-7-24(28)19-14-20(34-2)16-30-15-19/h4-5,7,13-16,22-23,25H,3,6,8-12H2,1-2H3,(H,31,32)/t22-,23-,25+,28-/m1/s1. The van der Waals surface area contributed by atoms with Crippen molar-refractivity contribution in [2.45, 2.75) is 57.7 Å². The molecule has 3 aliphatic rings. The van der Waals surface area contributed by atoms with Crippen LogP contribution < -0.4 is 4.74 Å². The van der Waals surface area contributed by atoms with E-state index in [-0.39, 0.29) is 23.8 Å². The van der Waals surface area contributed by atoms with E-state index in [4.69, 9.17) is 9.84 Å². The van der Waals surface area contributed by atoms with Gasteiger partial charge in [0.1, 0.15) is 11.4 Å². The van der Waals surface area contributed by atoms with Crippen LogP contribution in [0, 0.1) is 17.3 Å². The average Bonchev–Trinajstić information content (AvgIpc) is 3.20. The van der Waals surface area contributed by atoms with Crippen LogP contribution in [-0.2, 0) is 11.2 Å². The first-order chi connectivity index (χ1) is 16.4. The summed E-state index contributed by atoms with van der Waals surface area (Å²) in [6.45, 7) is 2.44. The van der Waals surface area contributed by atoms with Gasteiger partial charge in [0.05, 0.1) is 13.3 Å². The second kappa shape index (κ2) is 9.05. The van der Waals surface area contributed by atoms with Crippen molar-refractivity contribution >= 4 is 24.5 Å². The third kappa shape index (κ3) is 3.97. The summed E-state index contributed by atoms with van der Waals surface area (Å²) in [5, 5.41) is 8.81. The lowest BCUT2D eigenvalue weighted by Crippen LogP contribution is -2.41. The number of aromatic nitrogens is 1. The van der Waals surface area contributed by atoms with Crippen molar-refractivity contribution in [1.82, 2.24) is 4.98 Å². The molecule has 1 saturated carbocycles. The van der Waals surface area contributed by atoms with Crippen molar-refractivity contribution in [2.75, 3.05) is 7.11 Å². The Labute approximate surface area is 201 Å². The van der Waals surface area contributed by atoms with Gasteiger partial charge in [-0.05, 0) is 89.7 Å². The minimum atomic E-state index is -0.878. The van der Waals surface area contributed by atoms with E-state index in [2.05, 4.69) is 36.2 Å². The van der Waals surface area contributed by atoms with E-state index in [9.17, 15) is 9.59 Å². The van der Waals surface area contributed by atoms with Crippen molar-refractivity contribution < 1.29 is 19.4 Å². The third-order valence-corrected chi connectivity index (χ3v) is 8.54. The number of nitrogens with zero attached hydrogens (tertiary/aromatic N) is 1. The molecule has 6 heteroatoms. The van der Waals surface area contributed by atoms with Crippen molar-refractivity contribution in [3.05, 3.63) is 65.0 Å². The molecule has 0 aliphatic heterocycles. The summed E-state index contributed by atoms with van der Waals surface area (Å²) in [6, 6.07) is 8.27. The van der Waals surface area contributed by atoms with Gasteiger partial charge in [-0.15, -0.1) is 0 Å². The zero-order chi connectivity index (χ0) is 23.9. The first kappa shape index (κ1) is 22.9. The number of allylic oxidation sites excluding steroid dienone is 2. The SMILES string of the molecule is COc1cncc(C2=CC[C@H]3[C@@H]4CCc5cc(C(=O)[B]CCC(=O)O)ccc5[C@H]4CC[C@]23C)c1. The Morgan fingerprint density at radius 2 is 2.09 bits per heavy atom. The molecule has 1 fully saturated rings. The number of pyridine rings is 1. The maximum atomic E-state index is 12.5. The fourth-order valence-corrected chi connectivity index (χ4v) is 6.87. The Morgan fingerprint density at radius 1 is 1.24 bits per heavy atom. The summed E-state index contributed by atoms with van der Waals surface area (Å²) in [4.78, 5) is 27.7. The van der Waals surface area contributed by atoms with Crippen LogP contribution in [0.3, 0.4) is 0 Å². The van der Waals surface area contributed by atoms with Gasteiger partial charge in [0, 0.05) is 18.2 Å². The van der Waals surface area contributed by atoms with Crippen LogP contribution >= 0.6 is 0 Å². The number of hydrogen-bond donors (Lipinski definition) is 1. The highest BCUT2D eigenvalue weighted by atomic mass is 16.5. The highest BCUT2D eigenvalue weighted by Crippen LogP contribution is 2.63. The molecule has 0 spiro atoms. The molecule has 4 atom stereocenters. The van der Waals surface area contributed by atoms with Crippen LogP contribution in [0.1, 0.15) is 72.0 Å². The topological polar surface area (TPSA) is 76.5 Å². The summed E-state index contributed by atoms with van der Waals surface area (Å²) in [6.07, 6.45) is 12.0. The fourth-order valence-electron chi connectivity index (χ4n) is 6.87. The van der Waals surface area contributed by atoms with E-state index in [1.165, 1.54) is 29.5 Å². The normalized spacial score (nSPS) is 27.1. The van der Waals surface area contributed by atoms with Crippen LogP contribution in [-0.4, -0.2) is 36.1 Å². The number of methoxy groups -OCH3 is 1. The second-order valence-corrected chi connectivity index (χ2v) is 10.3. The van der Waals surface area contributed by atoms with Gasteiger partial charge in [-0.1, -0.05) is 31.5 Å². The molecule has 1 radical (unpaired) electrons. The van der Waals surface area contributed by atoms with E-state index < -0.39 is 5.97 Å². The molecule has 0 saturated heterocycles. The fraction of sp³-hybridized carbons (Fsp3) is 0.464. The smallest absolute Gasteiger partial charge is 0.302 e. The maximum absolute atomic E-state index is 12.5. The molecule has 175 valence electrons. The maximum Gasteiger partial charge on any atom is 0.302 e. The van der Waals surface area contributed by atoms with Gasteiger partial charge in [-0.25, -0.2) is 0 Å². The Kier molecular flexibility index (Phi) is 6.09. The molecule has 3 aliphatic carbocycles. The number of ether oxygens (including phenoxy) is 1. The molecule has 5 nitrogen and oxygen atoms in total. The predicted molar refractivity (Wildman–Crippen MR) is 132 cm³/mol. The summed E-state index contributed by atoms with van der Waals surface area (Å²) in [7, 11) is 3.19. The van der Waals surface area contributed by atoms with Gasteiger partial charge in [0.2, 0.25) is 7.28 Å². The Bertz CT molecular complexity index is 1160. The van der Waals surface area contributed by atoms with E-state index in [0.29, 0.717) is 23.3 Å². The number of carbonyl (C=O) groups is 2. The summed E-state index contributed by atoms with van der Waals surface area (Å²) >= 11 is 0. The zero-order valence-corrected chi connectivity index (χ0v) is 19.9. The Morgan fingerprint density at radius 3 is 2.88 bits per heavy atom. The molecule has 2 aromatic rings. The molecule has 1 aromatic heterocycles. The van der Waals surface area contributed by atoms with Gasteiger partial charge >= 0.3 is 5.97 Å². The summed E-state index contributed by atoms with van der Waals surface area (Å²) in [5.41, 5.74) is 6.08. The third-order valence-electron chi connectivity index (χ3n) is 8.54. The molecule has 0 unspecified atom stereocenters. The number of benzene rings is 1. The lowest BCUT2D eigenvalue weighted by molar-refractivity contribution is -0.136. The monoisotopic (exact) mass is 456 g/mol. The van der Waals surface area contributed by atoms with Crippen molar-refractivity contribution in [2.24, 2.45) is 17.3 Å². The minimum Gasteiger partial charge on any atom is -0.495 e. The number of rotatable bonds is 7. The number of carbonyl (C=O) groups excluding carboxylic acids is 1. The number of carboxylic acids is 1. The molecule has 5 rings (SSSR count). The van der Waals surface area contributed by atoms with Crippen LogP contribution in [0.2, 0.25) is 6.32 Å². The van der Waals surface area contributed by atoms with Crippen molar-refractivity contribution in [1.29, 1.82) is 0 Å². The number of hydrogen-bond acceptors (Lipinski definition) is 4. The minimum absolute atomic E-state index is 0.0115. The molecule has 0 amide bonds. The van der Waals surface area contributed by atoms with Gasteiger partial charge in [-0.3, -0.25) is 9.78 Å². The Balaban J connectivity index is 1.34. The molecule has 1 aromatic carbocycles. The van der Waals surface area contributed by atoms with Crippen LogP contribution in [0.15, 0.2) is 42.7 Å². The molecule has 1 heterocycles. The van der Waals surface area contributed by atoms with Crippen molar-refractivity contribution in [3.8, 4) is 5.75 Å². The molecular formula is C28H31BNO4. The first-order valence-electron chi connectivity index (χ1n) is 12.3. The van der Waals surface area contributed by atoms with Crippen LogP contribution in [0.4, 0.5) is 0 Å². The highest BCUT2D eigenvalue weighted by Gasteiger charge is 2.52. The first-order valence-corrected chi connectivity index (χ1v) is 12.3. The predicted octanol–water partition coefficient (Wildman–Crippen LogP) is 5.38. The number of aliphatic carboxylic acids is 1. The summed E-state index contributed by atoms with van der Waals surface area (Å²) in [5.74, 6) is 1.72. The van der Waals surface area contributed by atoms with Crippen LogP contribution in [0.5, 0.6) is 5.75 Å². The molecular weight excluding hydrogens is 425 g/mol. The van der Waals surface area contributed by atoms with Gasteiger partial charge in [0.25, 0.3) is 0 Å². The van der Waals surface area contributed by atoms with E-state index >= 15 is 0 Å². The zero-order valence-electron chi connectivity index (χ0n) is 19.9. The van der Waals surface area contributed by atoms with Gasteiger partial charge in [-0.2, -0.15) is 0 Å². The molecule has 1 N–H and O–H groups in total. The van der Waals surface area contributed by atoms with E-state index in [0.717, 1.165) is 37.9 Å². The van der Waals surface area contributed by atoms with E-state index in [1.54, 1.807) is 13.3 Å². The number of fused-ring (bicyclic) bond motifs is 5. The Hall–Kier alpha value is -2.89. The lowest BCUT2D eigenvalue weighted by Gasteiger charge is -2.50. The lowest BCUT2D eigenvalue weighted by atomic mass is 9.54. The van der Waals surface area contributed by atoms with Crippen molar-refractivity contribution in [3.63, 3.8) is 0 Å². The second-order valence-electron chi connectivity index (χ2n) is 10.3. The quantitative estimate of drug-likeness (QED) is 0.567. The summed E-state index contributed by atoms with van der Waals surface area (Å²) < 4.78 is 5.42. The average molecular weight is 456 g/mol. The number of aryl methyl sites for hydroxylation is 1. The molecule has 0 bridgehead atoms. The largest absolute Gasteiger partial charge is 0.495 e.